The summed E-state index contributed by atoms with van der Waals surface area (Å²) < 4.78 is 0. The zero-order valence-corrected chi connectivity index (χ0v) is 14.0. The molecule has 0 heterocycles. The van der Waals surface area contributed by atoms with Crippen LogP contribution in [-0.4, -0.2) is 18.5 Å². The van der Waals surface area contributed by atoms with Gasteiger partial charge in [0, 0.05) is 6.54 Å². The number of hydrogen-bond donors (Lipinski definition) is 3. The molecule has 2 amide bonds. The van der Waals surface area contributed by atoms with Crippen molar-refractivity contribution in [2.75, 3.05) is 11.4 Å². The fourth-order valence-corrected chi connectivity index (χ4v) is 2.73. The minimum Gasteiger partial charge on any atom is -0.369 e. The predicted molar refractivity (Wildman–Crippen MR) is 92.9 cm³/mol. The maximum Gasteiger partial charge on any atom is 0.328 e. The van der Waals surface area contributed by atoms with Crippen LogP contribution in [0.25, 0.3) is 0 Å². The van der Waals surface area contributed by atoms with Crippen LogP contribution in [0.15, 0.2) is 18.2 Å². The SMILES string of the molecule is Cc1cccc(C)c1N(C(=N)N)C(=O)NCCC1CCC1.Cl. The molecule has 1 aliphatic rings. The molecule has 0 atom stereocenters. The molecule has 1 saturated carbocycles. The first-order valence-electron chi connectivity index (χ1n) is 7.49. The highest BCUT2D eigenvalue weighted by molar-refractivity contribution is 6.14. The molecule has 6 heteroatoms. The number of amides is 2. The number of carbonyl (C=O) groups is 1. The Bertz CT molecular complexity index is 523. The van der Waals surface area contributed by atoms with Gasteiger partial charge in [-0.15, -0.1) is 12.4 Å². The van der Waals surface area contributed by atoms with E-state index in [2.05, 4.69) is 5.32 Å². The van der Waals surface area contributed by atoms with Gasteiger partial charge < -0.3 is 11.1 Å². The number of guanidine groups is 1. The normalized spacial score (nSPS) is 13.7. The van der Waals surface area contributed by atoms with E-state index in [-0.39, 0.29) is 24.4 Å². The molecule has 0 spiro atoms. The van der Waals surface area contributed by atoms with E-state index in [0.29, 0.717) is 12.2 Å². The van der Waals surface area contributed by atoms with Crippen LogP contribution in [0, 0.1) is 25.2 Å². The first-order chi connectivity index (χ1) is 10.0. The quantitative estimate of drug-likeness (QED) is 0.586. The van der Waals surface area contributed by atoms with E-state index >= 15 is 0 Å². The zero-order valence-electron chi connectivity index (χ0n) is 13.2. The van der Waals surface area contributed by atoms with Crippen molar-refractivity contribution in [1.82, 2.24) is 5.32 Å². The summed E-state index contributed by atoms with van der Waals surface area (Å²) in [7, 11) is 0. The van der Waals surface area contributed by atoms with Crippen molar-refractivity contribution in [2.24, 2.45) is 11.7 Å². The van der Waals surface area contributed by atoms with E-state index in [4.69, 9.17) is 11.1 Å². The second kappa shape index (κ2) is 8.03. The maximum atomic E-state index is 12.4. The van der Waals surface area contributed by atoms with Crippen molar-refractivity contribution in [3.8, 4) is 0 Å². The van der Waals surface area contributed by atoms with Crippen LogP contribution >= 0.6 is 12.4 Å². The number of halogens is 1. The summed E-state index contributed by atoms with van der Waals surface area (Å²) in [6.45, 7) is 4.47. The van der Waals surface area contributed by atoms with Gasteiger partial charge in [0.05, 0.1) is 5.69 Å². The molecule has 0 unspecified atom stereocenters. The predicted octanol–water partition coefficient (Wildman–Crippen LogP) is 3.32. The molecule has 5 nitrogen and oxygen atoms in total. The third kappa shape index (κ3) is 4.13. The van der Waals surface area contributed by atoms with Crippen LogP contribution in [0.5, 0.6) is 0 Å². The van der Waals surface area contributed by atoms with Crippen LogP contribution in [0.3, 0.4) is 0 Å². The van der Waals surface area contributed by atoms with Gasteiger partial charge in [-0.1, -0.05) is 37.5 Å². The minimum absolute atomic E-state index is 0. The molecule has 1 aliphatic carbocycles. The van der Waals surface area contributed by atoms with E-state index < -0.39 is 0 Å². The molecule has 0 aliphatic heterocycles. The number of anilines is 1. The van der Waals surface area contributed by atoms with E-state index in [0.717, 1.165) is 23.5 Å². The van der Waals surface area contributed by atoms with Crippen LogP contribution in [-0.2, 0) is 0 Å². The molecule has 4 N–H and O–H groups in total. The van der Waals surface area contributed by atoms with Crippen LogP contribution in [0.2, 0.25) is 0 Å². The Labute approximate surface area is 138 Å². The Balaban J connectivity index is 0.00000242. The van der Waals surface area contributed by atoms with E-state index in [1.807, 2.05) is 32.0 Å². The highest BCUT2D eigenvalue weighted by Gasteiger charge is 2.23. The third-order valence-corrected chi connectivity index (χ3v) is 4.16. The average molecular weight is 325 g/mol. The Hall–Kier alpha value is -1.75. The van der Waals surface area contributed by atoms with Crippen LogP contribution in [0.1, 0.15) is 36.8 Å². The molecular weight excluding hydrogens is 300 g/mol. The average Bonchev–Trinajstić information content (AvgIpc) is 2.36. The topological polar surface area (TPSA) is 82.2 Å². The van der Waals surface area contributed by atoms with Crippen LogP contribution < -0.4 is 16.0 Å². The third-order valence-electron chi connectivity index (χ3n) is 4.16. The fourth-order valence-electron chi connectivity index (χ4n) is 2.73. The molecule has 0 bridgehead atoms. The summed E-state index contributed by atoms with van der Waals surface area (Å²) in [6, 6.07) is 5.44. The lowest BCUT2D eigenvalue weighted by Gasteiger charge is -2.27. The number of benzene rings is 1. The van der Waals surface area contributed by atoms with Gasteiger partial charge >= 0.3 is 6.03 Å². The molecular formula is C16H25ClN4O. The Morgan fingerprint density at radius 2 is 1.95 bits per heavy atom. The number of rotatable bonds is 4. The number of aryl methyl sites for hydroxylation is 2. The van der Waals surface area contributed by atoms with Crippen molar-refractivity contribution in [3.63, 3.8) is 0 Å². The summed E-state index contributed by atoms with van der Waals surface area (Å²) in [5, 5.41) is 10.6. The van der Waals surface area contributed by atoms with Crippen molar-refractivity contribution in [1.29, 1.82) is 5.41 Å². The standard InChI is InChI=1S/C16H24N4O.ClH/c1-11-5-3-6-12(2)14(11)20(15(17)18)16(21)19-10-9-13-7-4-8-13;/h3,5-6,13H,4,7-10H2,1-2H3,(H3,17,18)(H,19,21);1H. The highest BCUT2D eigenvalue weighted by atomic mass is 35.5. The van der Waals surface area contributed by atoms with Gasteiger partial charge in [-0.2, -0.15) is 0 Å². The molecule has 0 radical (unpaired) electrons. The number of nitrogens with zero attached hydrogens (tertiary/aromatic N) is 1. The monoisotopic (exact) mass is 324 g/mol. The molecule has 22 heavy (non-hydrogen) atoms. The van der Waals surface area contributed by atoms with Crippen LogP contribution in [0.4, 0.5) is 10.5 Å². The Morgan fingerprint density at radius 3 is 2.41 bits per heavy atom. The number of carbonyl (C=O) groups excluding carboxylic acids is 1. The summed E-state index contributed by atoms with van der Waals surface area (Å²) in [4.78, 5) is 13.6. The number of para-hydroxylation sites is 1. The molecule has 1 aromatic rings. The summed E-state index contributed by atoms with van der Waals surface area (Å²) in [6.07, 6.45) is 4.84. The highest BCUT2D eigenvalue weighted by Crippen LogP contribution is 2.29. The molecule has 2 rings (SSSR count). The smallest absolute Gasteiger partial charge is 0.328 e. The number of urea groups is 1. The van der Waals surface area contributed by atoms with Gasteiger partial charge in [0.2, 0.25) is 5.96 Å². The summed E-state index contributed by atoms with van der Waals surface area (Å²) >= 11 is 0. The number of nitrogens with two attached hydrogens (primary N) is 1. The molecule has 1 fully saturated rings. The van der Waals surface area contributed by atoms with Crippen molar-refractivity contribution < 1.29 is 4.79 Å². The molecule has 0 saturated heterocycles. The largest absolute Gasteiger partial charge is 0.369 e. The second-order valence-corrected chi connectivity index (χ2v) is 5.78. The van der Waals surface area contributed by atoms with Gasteiger partial charge in [-0.25, -0.2) is 9.69 Å². The summed E-state index contributed by atoms with van der Waals surface area (Å²) in [5.74, 6) is 0.491. The van der Waals surface area contributed by atoms with Gasteiger partial charge in [-0.3, -0.25) is 5.41 Å². The number of nitrogens with one attached hydrogen (secondary N) is 2. The van der Waals surface area contributed by atoms with Gasteiger partial charge in [-0.05, 0) is 37.3 Å². The van der Waals surface area contributed by atoms with E-state index in [9.17, 15) is 4.79 Å². The molecule has 122 valence electrons. The first kappa shape index (κ1) is 18.3. The lowest BCUT2D eigenvalue weighted by atomic mass is 9.83. The van der Waals surface area contributed by atoms with Crippen molar-refractivity contribution in [3.05, 3.63) is 29.3 Å². The summed E-state index contributed by atoms with van der Waals surface area (Å²) in [5.41, 5.74) is 8.18. The van der Waals surface area contributed by atoms with Gasteiger partial charge in [0.15, 0.2) is 0 Å². The van der Waals surface area contributed by atoms with Gasteiger partial charge in [0.1, 0.15) is 0 Å². The van der Waals surface area contributed by atoms with E-state index in [1.165, 1.54) is 24.2 Å². The Morgan fingerprint density at radius 1 is 1.36 bits per heavy atom. The van der Waals surface area contributed by atoms with Crippen molar-refractivity contribution >= 4 is 30.1 Å². The lowest BCUT2D eigenvalue weighted by molar-refractivity contribution is 0.244. The van der Waals surface area contributed by atoms with Gasteiger partial charge in [0.25, 0.3) is 0 Å². The second-order valence-electron chi connectivity index (χ2n) is 5.78. The Kier molecular flexibility index (Phi) is 6.68. The zero-order chi connectivity index (χ0) is 15.4. The maximum absolute atomic E-state index is 12.4. The van der Waals surface area contributed by atoms with E-state index in [1.54, 1.807) is 0 Å². The fraction of sp³-hybridized carbons (Fsp3) is 0.500. The van der Waals surface area contributed by atoms with Crippen molar-refractivity contribution in [2.45, 2.75) is 39.5 Å². The minimum atomic E-state index is -0.320. The first-order valence-corrected chi connectivity index (χ1v) is 7.49. The number of hydrogen-bond acceptors (Lipinski definition) is 2. The molecule has 1 aromatic carbocycles. The lowest BCUT2D eigenvalue weighted by Crippen LogP contribution is -2.48. The molecule has 0 aromatic heterocycles.